The number of benzene rings is 1. The van der Waals surface area contributed by atoms with Gasteiger partial charge in [-0.05, 0) is 56.6 Å². The maximum absolute atomic E-state index is 12.3. The first-order valence-corrected chi connectivity index (χ1v) is 14.8. The second-order valence-electron chi connectivity index (χ2n) is 11.0. The fraction of sp³-hybridized carbons (Fsp3) is 0.733. The van der Waals surface area contributed by atoms with Gasteiger partial charge in [0.15, 0.2) is 0 Å². The summed E-state index contributed by atoms with van der Waals surface area (Å²) in [6, 6.07) is 9.23. The quantitative estimate of drug-likeness (QED) is 0.335. The number of nitrogens with zero attached hydrogens (tertiary/aromatic N) is 4. The molecule has 1 amide bonds. The Kier molecular flexibility index (Phi) is 10.2. The molecule has 1 N–H and O–H groups in total. The Morgan fingerprint density at radius 2 is 1.56 bits per heavy atom. The number of nitrogens with one attached hydrogen (secondary N) is 1. The number of fused-ring (bicyclic) bond motifs is 1. The lowest BCUT2D eigenvalue weighted by Gasteiger charge is -2.41. The number of likely N-dealkylation sites (tertiary alicyclic amines) is 2. The minimum Gasteiger partial charge on any atom is -0.360 e. The third-order valence-corrected chi connectivity index (χ3v) is 8.89. The van der Waals surface area contributed by atoms with Crippen molar-refractivity contribution >= 4 is 23.6 Å². The van der Waals surface area contributed by atoms with Crippen LogP contribution >= 0.6 is 0 Å². The molecule has 0 spiro atoms. The second kappa shape index (κ2) is 13.6. The third-order valence-electron chi connectivity index (χ3n) is 8.89. The van der Waals surface area contributed by atoms with E-state index in [-0.39, 0.29) is 6.04 Å². The number of carbonyl (C=O) groups excluding carboxylic acids is 1. The van der Waals surface area contributed by atoms with E-state index in [1.165, 1.54) is 44.9 Å². The maximum atomic E-state index is 12.3. The number of para-hydroxylation sites is 2. The molecule has 3 heterocycles. The van der Waals surface area contributed by atoms with Crippen LogP contribution in [0, 0.1) is 11.8 Å². The summed E-state index contributed by atoms with van der Waals surface area (Å²) < 4.78 is 0. The van der Waals surface area contributed by atoms with Gasteiger partial charge in [-0.25, -0.2) is 4.99 Å². The van der Waals surface area contributed by atoms with Gasteiger partial charge in [0.05, 0.1) is 11.4 Å². The van der Waals surface area contributed by atoms with E-state index < -0.39 is 0 Å². The van der Waals surface area contributed by atoms with Gasteiger partial charge in [-0.1, -0.05) is 58.1 Å². The summed E-state index contributed by atoms with van der Waals surface area (Å²) in [5, 5.41) is 3.52. The van der Waals surface area contributed by atoms with Gasteiger partial charge in [0.1, 0.15) is 5.84 Å². The third kappa shape index (κ3) is 6.49. The number of amides is 1. The Hall–Kier alpha value is -1.92. The van der Waals surface area contributed by atoms with E-state index in [1.54, 1.807) is 0 Å². The SMILES string of the molecule is CC.CC(=Nc1ccccc1N(C=O)C1CCN(C2CCCCCCC2)CC1)N1CC2CNCC2C1. The second-order valence-corrected chi connectivity index (χ2v) is 11.0. The summed E-state index contributed by atoms with van der Waals surface area (Å²) in [6.07, 6.45) is 12.8. The van der Waals surface area contributed by atoms with E-state index in [9.17, 15) is 4.79 Å². The first-order valence-electron chi connectivity index (χ1n) is 14.8. The van der Waals surface area contributed by atoms with Crippen molar-refractivity contribution in [1.29, 1.82) is 0 Å². The van der Waals surface area contributed by atoms with Crippen LogP contribution in [0.1, 0.15) is 78.6 Å². The minimum absolute atomic E-state index is 0.260. The molecule has 200 valence electrons. The zero-order chi connectivity index (χ0) is 25.3. The highest BCUT2D eigenvalue weighted by Gasteiger charge is 2.36. The predicted octanol–water partition coefficient (Wildman–Crippen LogP) is 5.45. The fourth-order valence-electron chi connectivity index (χ4n) is 6.81. The van der Waals surface area contributed by atoms with E-state index in [0.717, 1.165) is 93.6 Å². The molecule has 2 atom stereocenters. The molecule has 6 nitrogen and oxygen atoms in total. The molecule has 2 unspecified atom stereocenters. The summed E-state index contributed by atoms with van der Waals surface area (Å²) in [7, 11) is 0. The lowest BCUT2D eigenvalue weighted by Crippen LogP contribution is -2.48. The maximum Gasteiger partial charge on any atom is 0.214 e. The van der Waals surface area contributed by atoms with Crippen molar-refractivity contribution in [3.8, 4) is 0 Å². The van der Waals surface area contributed by atoms with Crippen LogP contribution in [-0.2, 0) is 4.79 Å². The average molecular weight is 496 g/mol. The van der Waals surface area contributed by atoms with E-state index >= 15 is 0 Å². The number of amidine groups is 1. The van der Waals surface area contributed by atoms with Gasteiger partial charge < -0.3 is 20.0 Å². The van der Waals surface area contributed by atoms with Crippen molar-refractivity contribution in [2.75, 3.05) is 44.2 Å². The molecule has 0 aromatic heterocycles. The smallest absolute Gasteiger partial charge is 0.214 e. The number of aliphatic imine (C=N–C) groups is 1. The van der Waals surface area contributed by atoms with Crippen molar-refractivity contribution in [3.05, 3.63) is 24.3 Å². The number of piperidine rings is 1. The summed E-state index contributed by atoms with van der Waals surface area (Å²) in [5.41, 5.74) is 1.88. The van der Waals surface area contributed by atoms with Crippen LogP contribution in [0.15, 0.2) is 29.3 Å². The largest absolute Gasteiger partial charge is 0.360 e. The van der Waals surface area contributed by atoms with Gasteiger partial charge in [0, 0.05) is 51.4 Å². The Labute approximate surface area is 219 Å². The lowest BCUT2D eigenvalue weighted by molar-refractivity contribution is -0.108. The Bertz CT molecular complexity index is 829. The predicted molar refractivity (Wildman–Crippen MR) is 151 cm³/mol. The molecule has 1 aromatic rings. The molecular weight excluding hydrogens is 446 g/mol. The number of hydrogen-bond donors (Lipinski definition) is 1. The van der Waals surface area contributed by atoms with Gasteiger partial charge in [0.2, 0.25) is 6.41 Å². The zero-order valence-electron chi connectivity index (χ0n) is 23.0. The van der Waals surface area contributed by atoms with Crippen LogP contribution in [0.25, 0.3) is 0 Å². The monoisotopic (exact) mass is 495 g/mol. The topological polar surface area (TPSA) is 51.2 Å². The molecule has 3 saturated heterocycles. The summed E-state index contributed by atoms with van der Waals surface area (Å²) in [6.45, 7) is 12.8. The summed E-state index contributed by atoms with van der Waals surface area (Å²) in [5.74, 6) is 2.57. The van der Waals surface area contributed by atoms with Crippen molar-refractivity contribution in [1.82, 2.24) is 15.1 Å². The molecule has 4 aliphatic rings. The molecule has 6 heteroatoms. The molecule has 0 radical (unpaired) electrons. The van der Waals surface area contributed by atoms with E-state index in [4.69, 9.17) is 4.99 Å². The highest BCUT2D eigenvalue weighted by molar-refractivity contribution is 5.89. The first kappa shape index (κ1) is 27.1. The van der Waals surface area contributed by atoms with Gasteiger partial charge >= 0.3 is 0 Å². The highest BCUT2D eigenvalue weighted by Crippen LogP contribution is 2.34. The van der Waals surface area contributed by atoms with Crippen molar-refractivity contribution < 1.29 is 4.79 Å². The average Bonchev–Trinajstić information content (AvgIpc) is 3.50. The molecule has 1 aromatic carbocycles. The highest BCUT2D eigenvalue weighted by atomic mass is 16.1. The van der Waals surface area contributed by atoms with E-state index in [2.05, 4.69) is 34.2 Å². The molecule has 4 fully saturated rings. The fourth-order valence-corrected chi connectivity index (χ4v) is 6.81. The van der Waals surface area contributed by atoms with E-state index in [1.807, 2.05) is 30.9 Å². The Morgan fingerprint density at radius 1 is 0.944 bits per heavy atom. The minimum atomic E-state index is 0.260. The first-order chi connectivity index (χ1) is 17.7. The van der Waals surface area contributed by atoms with Crippen LogP contribution in [0.4, 0.5) is 11.4 Å². The van der Waals surface area contributed by atoms with Crippen molar-refractivity contribution in [2.45, 2.75) is 90.6 Å². The molecule has 3 aliphatic heterocycles. The van der Waals surface area contributed by atoms with E-state index in [0.29, 0.717) is 0 Å². The van der Waals surface area contributed by atoms with Crippen LogP contribution in [0.2, 0.25) is 0 Å². The Morgan fingerprint density at radius 3 is 2.19 bits per heavy atom. The van der Waals surface area contributed by atoms with Gasteiger partial charge in [-0.3, -0.25) is 4.79 Å². The van der Waals surface area contributed by atoms with Gasteiger partial charge in [0.25, 0.3) is 0 Å². The standard InChI is InChI=1S/C28H43N5O.C2H6/c1-22(32-19-23-17-29-18-24(23)20-32)30-27-11-7-8-12-28(27)33(21-34)26-13-15-31(16-14-26)25-9-5-3-2-4-6-10-25;1-2/h7-8,11-12,21,23-26,29H,2-6,9-10,13-20H2,1H3;1-2H3. The summed E-state index contributed by atoms with van der Waals surface area (Å²) >= 11 is 0. The van der Waals surface area contributed by atoms with Crippen LogP contribution in [-0.4, -0.2) is 73.4 Å². The van der Waals surface area contributed by atoms with Crippen LogP contribution < -0.4 is 10.2 Å². The van der Waals surface area contributed by atoms with Gasteiger partial charge in [-0.2, -0.15) is 0 Å². The normalized spacial score (nSPS) is 26.5. The molecule has 1 saturated carbocycles. The summed E-state index contributed by atoms with van der Waals surface area (Å²) in [4.78, 5) is 24.5. The Balaban J connectivity index is 0.00000148. The zero-order valence-corrected chi connectivity index (χ0v) is 23.0. The molecule has 5 rings (SSSR count). The van der Waals surface area contributed by atoms with Crippen LogP contribution in [0.3, 0.4) is 0 Å². The van der Waals surface area contributed by atoms with Gasteiger partial charge in [-0.15, -0.1) is 0 Å². The molecule has 0 bridgehead atoms. The molecule has 1 aliphatic carbocycles. The number of rotatable bonds is 5. The lowest BCUT2D eigenvalue weighted by atomic mass is 9.93. The molecular formula is C30H49N5O. The van der Waals surface area contributed by atoms with Crippen LogP contribution in [0.5, 0.6) is 0 Å². The molecule has 36 heavy (non-hydrogen) atoms. The number of carbonyl (C=O) groups is 1. The number of hydrogen-bond acceptors (Lipinski definition) is 4. The number of anilines is 1. The van der Waals surface area contributed by atoms with Crippen molar-refractivity contribution in [2.24, 2.45) is 16.8 Å². The van der Waals surface area contributed by atoms with Crippen molar-refractivity contribution in [3.63, 3.8) is 0 Å².